The fourth-order valence-corrected chi connectivity index (χ4v) is 1.90. The maximum atomic E-state index is 11.6. The minimum absolute atomic E-state index is 0.0740. The Balaban J connectivity index is 2.49. The lowest BCUT2D eigenvalue weighted by atomic mass is 10.4. The van der Waals surface area contributed by atoms with Crippen molar-refractivity contribution in [2.24, 2.45) is 5.10 Å². The Morgan fingerprint density at radius 2 is 1.94 bits per heavy atom. The molecule has 0 heterocycles. The molecular weight excluding hydrogens is 220 g/mol. The molecule has 1 amide bonds. The number of carbonyl (C=O) groups excluding carboxylic acids is 1. The number of hydrogen-bond donors (Lipinski definition) is 1. The number of rotatable bonds is 4. The minimum atomic E-state index is -0.148. The fraction of sp³-hybridized carbons (Fsp3) is 0.333. The molecule has 1 N–H and O–H groups in total. The van der Waals surface area contributed by atoms with Gasteiger partial charge in [0.15, 0.2) is 0 Å². The number of carbonyl (C=O) groups is 1. The minimum Gasteiger partial charge on any atom is -0.272 e. The zero-order valence-corrected chi connectivity index (χ0v) is 10.5. The van der Waals surface area contributed by atoms with Crippen molar-refractivity contribution >= 4 is 23.4 Å². The number of thioether (sulfide) groups is 1. The molecule has 1 aromatic carbocycles. The van der Waals surface area contributed by atoms with E-state index in [4.69, 9.17) is 0 Å². The quantitative estimate of drug-likeness (QED) is 0.496. The van der Waals surface area contributed by atoms with E-state index in [9.17, 15) is 4.79 Å². The van der Waals surface area contributed by atoms with Crippen molar-refractivity contribution in [2.45, 2.75) is 30.9 Å². The van der Waals surface area contributed by atoms with Crippen LogP contribution < -0.4 is 5.43 Å². The number of hydrazone groups is 1. The van der Waals surface area contributed by atoms with Gasteiger partial charge in [0.2, 0.25) is 0 Å². The fourth-order valence-electron chi connectivity index (χ4n) is 1.01. The van der Waals surface area contributed by atoms with Crippen LogP contribution in [0.15, 0.2) is 40.3 Å². The Kier molecular flexibility index (Phi) is 5.05. The van der Waals surface area contributed by atoms with Gasteiger partial charge in [-0.25, -0.2) is 5.43 Å². The molecule has 0 radical (unpaired) electrons. The summed E-state index contributed by atoms with van der Waals surface area (Å²) in [6.07, 6.45) is 0. The van der Waals surface area contributed by atoms with Crippen molar-refractivity contribution in [3.63, 3.8) is 0 Å². The molecule has 0 saturated heterocycles. The van der Waals surface area contributed by atoms with Gasteiger partial charge in [-0.3, -0.25) is 4.79 Å². The van der Waals surface area contributed by atoms with Gasteiger partial charge in [-0.05, 0) is 32.9 Å². The van der Waals surface area contributed by atoms with Crippen LogP contribution in [0.3, 0.4) is 0 Å². The van der Waals surface area contributed by atoms with Gasteiger partial charge in [0.05, 0.1) is 5.25 Å². The van der Waals surface area contributed by atoms with E-state index in [0.717, 1.165) is 10.6 Å². The normalized spacial score (nSPS) is 11.7. The van der Waals surface area contributed by atoms with E-state index in [0.29, 0.717) is 0 Å². The topological polar surface area (TPSA) is 41.5 Å². The first-order valence-electron chi connectivity index (χ1n) is 5.12. The Labute approximate surface area is 100 Å². The van der Waals surface area contributed by atoms with Crippen molar-refractivity contribution < 1.29 is 4.79 Å². The molecule has 0 fully saturated rings. The molecular formula is C12H16N2OS. The van der Waals surface area contributed by atoms with E-state index >= 15 is 0 Å². The van der Waals surface area contributed by atoms with Gasteiger partial charge >= 0.3 is 0 Å². The average Bonchev–Trinajstić information content (AvgIpc) is 2.27. The van der Waals surface area contributed by atoms with Gasteiger partial charge in [0.25, 0.3) is 5.91 Å². The first-order chi connectivity index (χ1) is 7.59. The molecule has 4 heteroatoms. The summed E-state index contributed by atoms with van der Waals surface area (Å²) >= 11 is 1.52. The van der Waals surface area contributed by atoms with Gasteiger partial charge in [-0.15, -0.1) is 11.8 Å². The van der Waals surface area contributed by atoms with Crippen molar-refractivity contribution in [1.82, 2.24) is 5.43 Å². The molecule has 1 atom stereocenters. The van der Waals surface area contributed by atoms with E-state index in [1.165, 1.54) is 11.8 Å². The highest BCUT2D eigenvalue weighted by Crippen LogP contribution is 2.22. The molecule has 0 aliphatic heterocycles. The number of amides is 1. The first-order valence-corrected chi connectivity index (χ1v) is 6.00. The lowest BCUT2D eigenvalue weighted by Crippen LogP contribution is -2.27. The van der Waals surface area contributed by atoms with Crippen LogP contribution >= 0.6 is 11.8 Å². The van der Waals surface area contributed by atoms with Gasteiger partial charge in [0.1, 0.15) is 0 Å². The van der Waals surface area contributed by atoms with E-state index in [1.54, 1.807) is 0 Å². The van der Waals surface area contributed by atoms with Crippen molar-refractivity contribution in [1.29, 1.82) is 0 Å². The summed E-state index contributed by atoms with van der Waals surface area (Å²) in [6.45, 7) is 5.55. The van der Waals surface area contributed by atoms with Crippen LogP contribution in [-0.2, 0) is 4.79 Å². The number of hydrogen-bond acceptors (Lipinski definition) is 3. The van der Waals surface area contributed by atoms with Gasteiger partial charge in [0, 0.05) is 10.6 Å². The Morgan fingerprint density at radius 3 is 2.50 bits per heavy atom. The Hall–Kier alpha value is -1.29. The molecule has 86 valence electrons. The third kappa shape index (κ3) is 4.49. The summed E-state index contributed by atoms with van der Waals surface area (Å²) in [5.41, 5.74) is 3.37. The second-order valence-electron chi connectivity index (χ2n) is 3.61. The van der Waals surface area contributed by atoms with Crippen molar-refractivity contribution in [3.8, 4) is 0 Å². The summed E-state index contributed by atoms with van der Waals surface area (Å²) < 4.78 is 0. The standard InChI is InChI=1S/C12H16N2OS/c1-9(2)13-14-12(15)10(3)16-11-7-5-4-6-8-11/h4-8,10H,1-3H3,(H,14,15)/t10-/m1/s1. The van der Waals surface area contributed by atoms with Crippen LogP contribution in [0.1, 0.15) is 20.8 Å². The monoisotopic (exact) mass is 236 g/mol. The molecule has 0 unspecified atom stereocenters. The molecule has 0 bridgehead atoms. The Bertz CT molecular complexity index is 372. The molecule has 0 aliphatic carbocycles. The molecule has 0 aliphatic rings. The second-order valence-corrected chi connectivity index (χ2v) is 5.02. The molecule has 0 saturated carbocycles. The molecule has 16 heavy (non-hydrogen) atoms. The van der Waals surface area contributed by atoms with Crippen LogP contribution in [0.2, 0.25) is 0 Å². The zero-order chi connectivity index (χ0) is 12.0. The second kappa shape index (κ2) is 6.33. The predicted octanol–water partition coefficient (Wildman–Crippen LogP) is 2.68. The summed E-state index contributed by atoms with van der Waals surface area (Å²) in [7, 11) is 0. The number of nitrogens with zero attached hydrogens (tertiary/aromatic N) is 1. The summed E-state index contributed by atoms with van der Waals surface area (Å²) in [4.78, 5) is 12.7. The third-order valence-corrected chi connectivity index (χ3v) is 2.93. The van der Waals surface area contributed by atoms with Crippen LogP contribution in [0, 0.1) is 0 Å². The highest BCUT2D eigenvalue weighted by atomic mass is 32.2. The number of nitrogens with one attached hydrogen (secondary N) is 1. The van der Waals surface area contributed by atoms with E-state index < -0.39 is 0 Å². The molecule has 3 nitrogen and oxygen atoms in total. The van der Waals surface area contributed by atoms with Gasteiger partial charge < -0.3 is 0 Å². The zero-order valence-electron chi connectivity index (χ0n) is 9.73. The van der Waals surface area contributed by atoms with Crippen molar-refractivity contribution in [2.75, 3.05) is 0 Å². The van der Waals surface area contributed by atoms with E-state index in [2.05, 4.69) is 10.5 Å². The predicted molar refractivity (Wildman–Crippen MR) is 68.7 cm³/mol. The highest BCUT2D eigenvalue weighted by Gasteiger charge is 2.13. The van der Waals surface area contributed by atoms with E-state index in [1.807, 2.05) is 51.1 Å². The largest absolute Gasteiger partial charge is 0.272 e. The third-order valence-electron chi connectivity index (χ3n) is 1.81. The molecule has 1 aromatic rings. The van der Waals surface area contributed by atoms with Gasteiger partial charge in [-0.1, -0.05) is 18.2 Å². The SMILES string of the molecule is CC(C)=NNC(=O)[C@@H](C)Sc1ccccc1. The van der Waals surface area contributed by atoms with Gasteiger partial charge in [-0.2, -0.15) is 5.10 Å². The average molecular weight is 236 g/mol. The first kappa shape index (κ1) is 12.8. The summed E-state index contributed by atoms with van der Waals surface area (Å²) in [6, 6.07) is 9.85. The molecule has 0 spiro atoms. The van der Waals surface area contributed by atoms with Crippen LogP contribution in [0.5, 0.6) is 0 Å². The molecule has 0 aromatic heterocycles. The van der Waals surface area contributed by atoms with Crippen LogP contribution in [0.4, 0.5) is 0 Å². The Morgan fingerprint density at radius 1 is 1.31 bits per heavy atom. The van der Waals surface area contributed by atoms with E-state index in [-0.39, 0.29) is 11.2 Å². The lowest BCUT2D eigenvalue weighted by Gasteiger charge is -2.09. The summed E-state index contributed by atoms with van der Waals surface area (Å²) in [5, 5.41) is 3.74. The smallest absolute Gasteiger partial charge is 0.253 e. The maximum Gasteiger partial charge on any atom is 0.253 e. The van der Waals surface area contributed by atoms with Crippen LogP contribution in [-0.4, -0.2) is 16.9 Å². The summed E-state index contributed by atoms with van der Waals surface area (Å²) in [5.74, 6) is -0.0740. The highest BCUT2D eigenvalue weighted by molar-refractivity contribution is 8.00. The lowest BCUT2D eigenvalue weighted by molar-refractivity contribution is -0.120. The number of benzene rings is 1. The van der Waals surface area contributed by atoms with Crippen molar-refractivity contribution in [3.05, 3.63) is 30.3 Å². The maximum absolute atomic E-state index is 11.6. The molecule has 1 rings (SSSR count). The van der Waals surface area contributed by atoms with Crippen LogP contribution in [0.25, 0.3) is 0 Å².